The van der Waals surface area contributed by atoms with Crippen LogP contribution in [-0.2, 0) is 0 Å². The van der Waals surface area contributed by atoms with Crippen molar-refractivity contribution in [3.05, 3.63) is 28.8 Å². The minimum atomic E-state index is -0.607. The fourth-order valence-corrected chi connectivity index (χ4v) is 2.26. The number of nitrogens with one attached hydrogen (secondary N) is 1. The Bertz CT molecular complexity index is 357. The molecule has 0 saturated heterocycles. The molecule has 5 N–H and O–H groups in total. The molecule has 0 radical (unpaired) electrons. The van der Waals surface area contributed by atoms with E-state index in [0.29, 0.717) is 13.0 Å². The maximum Gasteiger partial charge on any atom is 0.116 e. The number of aliphatic hydroxyl groups is 1. The average molecular weight is 238 g/mol. The van der Waals surface area contributed by atoms with E-state index in [-0.39, 0.29) is 11.8 Å². The molecular formula is C13H22N2O2. The minimum absolute atomic E-state index is 0.0676. The molecule has 0 aliphatic heterocycles. The molecule has 96 valence electrons. The van der Waals surface area contributed by atoms with Gasteiger partial charge in [-0.05, 0) is 62.7 Å². The molecule has 0 spiro atoms. The lowest BCUT2D eigenvalue weighted by Crippen LogP contribution is -2.34. The third-order valence-corrected chi connectivity index (χ3v) is 3.10. The van der Waals surface area contributed by atoms with E-state index in [2.05, 4.69) is 5.32 Å². The molecule has 0 amide bonds. The van der Waals surface area contributed by atoms with Gasteiger partial charge in [0.15, 0.2) is 0 Å². The number of hydrogen-bond acceptors (Lipinski definition) is 4. The van der Waals surface area contributed by atoms with Crippen molar-refractivity contribution in [2.24, 2.45) is 5.73 Å². The van der Waals surface area contributed by atoms with Gasteiger partial charge in [-0.25, -0.2) is 0 Å². The molecule has 4 nitrogen and oxygen atoms in total. The highest BCUT2D eigenvalue weighted by atomic mass is 16.3. The first-order chi connectivity index (χ1) is 8.01. The summed E-state index contributed by atoms with van der Waals surface area (Å²) in [5.74, 6) is 0.232. The molecule has 0 bridgehead atoms. The molecule has 0 aliphatic carbocycles. The summed E-state index contributed by atoms with van der Waals surface area (Å²) in [7, 11) is 1.81. The quantitative estimate of drug-likeness (QED) is 0.616. The zero-order chi connectivity index (χ0) is 13.0. The van der Waals surface area contributed by atoms with Gasteiger partial charge in [-0.15, -0.1) is 0 Å². The van der Waals surface area contributed by atoms with E-state index in [1.54, 1.807) is 12.1 Å². The first kappa shape index (κ1) is 14.0. The molecule has 2 atom stereocenters. The first-order valence-electron chi connectivity index (χ1n) is 5.86. The van der Waals surface area contributed by atoms with Crippen molar-refractivity contribution in [2.75, 3.05) is 13.6 Å². The Labute approximate surface area is 102 Å². The Balaban J connectivity index is 3.06. The summed E-state index contributed by atoms with van der Waals surface area (Å²) in [5.41, 5.74) is 8.19. The predicted octanol–water partition coefficient (Wildman–Crippen LogP) is 0.979. The topological polar surface area (TPSA) is 78.5 Å². The van der Waals surface area contributed by atoms with E-state index >= 15 is 0 Å². The van der Waals surface area contributed by atoms with Crippen LogP contribution < -0.4 is 11.1 Å². The lowest BCUT2D eigenvalue weighted by atomic mass is 9.92. The second-order valence-electron chi connectivity index (χ2n) is 4.41. The molecule has 1 rings (SSSR count). The molecule has 0 fully saturated rings. The Hall–Kier alpha value is -1.10. The van der Waals surface area contributed by atoms with Crippen LogP contribution in [0.1, 0.15) is 29.2 Å². The first-order valence-corrected chi connectivity index (χ1v) is 5.86. The van der Waals surface area contributed by atoms with E-state index in [4.69, 9.17) is 5.73 Å². The second-order valence-corrected chi connectivity index (χ2v) is 4.41. The Morgan fingerprint density at radius 3 is 2.24 bits per heavy atom. The van der Waals surface area contributed by atoms with Crippen molar-refractivity contribution in [1.29, 1.82) is 0 Å². The van der Waals surface area contributed by atoms with Gasteiger partial charge in [0.05, 0.1) is 6.10 Å². The Kier molecular flexibility index (Phi) is 4.93. The van der Waals surface area contributed by atoms with E-state index in [1.165, 1.54) is 0 Å². The molecule has 0 saturated carbocycles. The van der Waals surface area contributed by atoms with Crippen molar-refractivity contribution in [3.8, 4) is 5.75 Å². The highest BCUT2D eigenvalue weighted by molar-refractivity contribution is 5.42. The van der Waals surface area contributed by atoms with Crippen LogP contribution in [0, 0.1) is 13.8 Å². The number of phenols is 1. The molecular weight excluding hydrogens is 216 g/mol. The molecule has 0 aliphatic rings. The van der Waals surface area contributed by atoms with Crippen LogP contribution >= 0.6 is 0 Å². The summed E-state index contributed by atoms with van der Waals surface area (Å²) >= 11 is 0. The lowest BCUT2D eigenvalue weighted by Gasteiger charge is -2.25. The number of phenolic OH excluding ortho intramolecular Hbond substituents is 1. The minimum Gasteiger partial charge on any atom is -0.508 e. The third-order valence-electron chi connectivity index (χ3n) is 3.10. The lowest BCUT2D eigenvalue weighted by molar-refractivity contribution is 0.127. The van der Waals surface area contributed by atoms with Crippen molar-refractivity contribution in [2.45, 2.75) is 32.4 Å². The van der Waals surface area contributed by atoms with Crippen molar-refractivity contribution >= 4 is 0 Å². The van der Waals surface area contributed by atoms with Gasteiger partial charge in [0.1, 0.15) is 5.75 Å². The molecule has 17 heavy (non-hydrogen) atoms. The largest absolute Gasteiger partial charge is 0.508 e. The maximum atomic E-state index is 10.4. The summed E-state index contributed by atoms with van der Waals surface area (Å²) in [6.07, 6.45) is 0.0985. The number of aliphatic hydroxyl groups excluding tert-OH is 1. The Morgan fingerprint density at radius 1 is 1.29 bits per heavy atom. The third kappa shape index (κ3) is 3.19. The molecule has 1 aromatic carbocycles. The van der Waals surface area contributed by atoms with Gasteiger partial charge < -0.3 is 21.3 Å². The van der Waals surface area contributed by atoms with Gasteiger partial charge in [-0.1, -0.05) is 0 Å². The monoisotopic (exact) mass is 238 g/mol. The van der Waals surface area contributed by atoms with Gasteiger partial charge in [0.25, 0.3) is 0 Å². The number of benzene rings is 1. The van der Waals surface area contributed by atoms with Crippen LogP contribution in [0.25, 0.3) is 0 Å². The zero-order valence-electron chi connectivity index (χ0n) is 10.7. The number of nitrogens with two attached hydrogens (primary N) is 1. The van der Waals surface area contributed by atoms with E-state index in [0.717, 1.165) is 16.7 Å². The van der Waals surface area contributed by atoms with Gasteiger partial charge in [-0.3, -0.25) is 0 Å². The Morgan fingerprint density at radius 2 is 1.82 bits per heavy atom. The number of rotatable bonds is 5. The van der Waals surface area contributed by atoms with E-state index in [9.17, 15) is 10.2 Å². The van der Waals surface area contributed by atoms with Gasteiger partial charge in [0, 0.05) is 6.04 Å². The summed E-state index contributed by atoms with van der Waals surface area (Å²) in [6.45, 7) is 4.31. The highest BCUT2D eigenvalue weighted by Gasteiger charge is 2.22. The van der Waals surface area contributed by atoms with Gasteiger partial charge in [-0.2, -0.15) is 0 Å². The van der Waals surface area contributed by atoms with Crippen LogP contribution in [0.3, 0.4) is 0 Å². The fourth-order valence-electron chi connectivity index (χ4n) is 2.26. The van der Waals surface area contributed by atoms with E-state index < -0.39 is 6.10 Å². The molecule has 2 unspecified atom stereocenters. The number of aryl methyl sites for hydroxylation is 2. The number of likely N-dealkylation sites (N-methyl/N-ethyl adjacent to an activating group) is 1. The smallest absolute Gasteiger partial charge is 0.116 e. The summed E-state index contributed by atoms with van der Waals surface area (Å²) in [6, 6.07) is 3.27. The number of aromatic hydroxyl groups is 1. The maximum absolute atomic E-state index is 10.4. The molecule has 0 heterocycles. The summed E-state index contributed by atoms with van der Waals surface area (Å²) in [5, 5.41) is 22.9. The van der Waals surface area contributed by atoms with Crippen molar-refractivity contribution < 1.29 is 10.2 Å². The van der Waals surface area contributed by atoms with Crippen molar-refractivity contribution in [1.82, 2.24) is 5.32 Å². The fraction of sp³-hybridized carbons (Fsp3) is 0.538. The average Bonchev–Trinajstić information content (AvgIpc) is 2.24. The van der Waals surface area contributed by atoms with Gasteiger partial charge in [0.2, 0.25) is 0 Å². The van der Waals surface area contributed by atoms with Gasteiger partial charge >= 0.3 is 0 Å². The van der Waals surface area contributed by atoms with Crippen LogP contribution in [0.15, 0.2) is 12.1 Å². The van der Waals surface area contributed by atoms with Crippen LogP contribution in [0.5, 0.6) is 5.75 Å². The van der Waals surface area contributed by atoms with Crippen LogP contribution in [0.4, 0.5) is 0 Å². The molecule has 0 aromatic heterocycles. The molecule has 1 aromatic rings. The van der Waals surface area contributed by atoms with Crippen LogP contribution in [-0.4, -0.2) is 29.8 Å². The standard InChI is InChI=1S/C13H22N2O2/c1-8-6-10(16)7-9(2)12(8)13(17)11(15-3)4-5-14/h6-7,11,13,15-17H,4-5,14H2,1-3H3. The highest BCUT2D eigenvalue weighted by Crippen LogP contribution is 2.28. The normalized spacial score (nSPS) is 14.6. The summed E-state index contributed by atoms with van der Waals surface area (Å²) < 4.78 is 0. The van der Waals surface area contributed by atoms with Crippen LogP contribution in [0.2, 0.25) is 0 Å². The van der Waals surface area contributed by atoms with E-state index in [1.807, 2.05) is 20.9 Å². The zero-order valence-corrected chi connectivity index (χ0v) is 10.7. The molecule has 4 heteroatoms. The summed E-state index contributed by atoms with van der Waals surface area (Å²) in [4.78, 5) is 0. The number of hydrogen-bond donors (Lipinski definition) is 4. The SMILES string of the molecule is CNC(CCN)C(O)c1c(C)cc(O)cc1C. The van der Waals surface area contributed by atoms with Crippen molar-refractivity contribution in [3.63, 3.8) is 0 Å². The second kappa shape index (κ2) is 6.00. The predicted molar refractivity (Wildman–Crippen MR) is 69.1 cm³/mol.